The molecule has 1 fully saturated rings. The number of aryl methyl sites for hydroxylation is 1. The van der Waals surface area contributed by atoms with Gasteiger partial charge >= 0.3 is 0 Å². The van der Waals surface area contributed by atoms with Crippen molar-refractivity contribution in [1.82, 2.24) is 39.8 Å². The first-order valence-corrected chi connectivity index (χ1v) is 9.48. The standard InChI is InChI=1S/C18H21N9O/c1-11-23-24-15-10-25(13-5-3-4-6-13)16-14(27(11)15)8-20-18(22-16)26-9-12(7-21-26)17(28)19-2/h7-9,13H,3-6,10H2,1-2H3,(H,19,28). The number of carbonyl (C=O) groups is 1. The van der Waals surface area contributed by atoms with Crippen LogP contribution >= 0.6 is 0 Å². The minimum Gasteiger partial charge on any atom is -0.355 e. The molecule has 0 bridgehead atoms. The van der Waals surface area contributed by atoms with Crippen molar-refractivity contribution >= 4 is 11.7 Å². The Labute approximate surface area is 161 Å². The number of hydrogen-bond acceptors (Lipinski definition) is 7. The molecule has 10 heteroatoms. The molecule has 1 saturated carbocycles. The summed E-state index contributed by atoms with van der Waals surface area (Å²) in [5.74, 6) is 2.84. The number of fused-ring (bicyclic) bond motifs is 3. The topological polar surface area (TPSA) is 107 Å². The maximum atomic E-state index is 11.8. The smallest absolute Gasteiger partial charge is 0.254 e. The first-order valence-electron chi connectivity index (χ1n) is 9.48. The van der Waals surface area contributed by atoms with Crippen LogP contribution in [0, 0.1) is 6.92 Å². The lowest BCUT2D eigenvalue weighted by molar-refractivity contribution is 0.0963. The largest absolute Gasteiger partial charge is 0.355 e. The average Bonchev–Trinajstić information content (AvgIpc) is 3.47. The van der Waals surface area contributed by atoms with E-state index >= 15 is 0 Å². The van der Waals surface area contributed by atoms with E-state index < -0.39 is 0 Å². The summed E-state index contributed by atoms with van der Waals surface area (Å²) in [5, 5.41) is 15.4. The molecule has 0 saturated heterocycles. The maximum absolute atomic E-state index is 11.8. The molecule has 3 aromatic heterocycles. The summed E-state index contributed by atoms with van der Waals surface area (Å²) in [6.45, 7) is 2.61. The van der Waals surface area contributed by atoms with Gasteiger partial charge in [-0.25, -0.2) is 9.67 Å². The van der Waals surface area contributed by atoms with Crippen molar-refractivity contribution in [2.45, 2.75) is 45.2 Å². The molecule has 1 N–H and O–H groups in total. The molecule has 1 aliphatic heterocycles. The molecule has 3 aromatic rings. The number of amides is 1. The van der Waals surface area contributed by atoms with E-state index in [1.54, 1.807) is 19.4 Å². The van der Waals surface area contributed by atoms with Gasteiger partial charge in [0.15, 0.2) is 11.6 Å². The number of hydrogen-bond donors (Lipinski definition) is 1. The number of anilines is 1. The molecule has 4 heterocycles. The lowest BCUT2D eigenvalue weighted by Crippen LogP contribution is -2.38. The third kappa shape index (κ3) is 2.55. The van der Waals surface area contributed by atoms with Crippen molar-refractivity contribution in [1.29, 1.82) is 0 Å². The van der Waals surface area contributed by atoms with Crippen LogP contribution in [0.4, 0.5) is 5.82 Å². The van der Waals surface area contributed by atoms with Gasteiger partial charge < -0.3 is 10.2 Å². The van der Waals surface area contributed by atoms with Crippen LogP contribution in [0.5, 0.6) is 0 Å². The highest BCUT2D eigenvalue weighted by atomic mass is 16.1. The predicted molar refractivity (Wildman–Crippen MR) is 101 cm³/mol. The third-order valence-corrected chi connectivity index (χ3v) is 5.50. The second kappa shape index (κ2) is 6.39. The number of nitrogens with zero attached hydrogens (tertiary/aromatic N) is 8. The van der Waals surface area contributed by atoms with Crippen LogP contribution < -0.4 is 10.2 Å². The predicted octanol–water partition coefficient (Wildman–Crippen LogP) is 1.17. The molecule has 0 radical (unpaired) electrons. The molecule has 1 amide bonds. The normalized spacial score (nSPS) is 16.1. The summed E-state index contributed by atoms with van der Waals surface area (Å²) in [7, 11) is 1.59. The monoisotopic (exact) mass is 379 g/mol. The molecular weight excluding hydrogens is 358 g/mol. The molecule has 0 spiro atoms. The van der Waals surface area contributed by atoms with E-state index in [0.29, 0.717) is 24.1 Å². The first-order chi connectivity index (χ1) is 13.7. The Morgan fingerprint density at radius 3 is 2.82 bits per heavy atom. The van der Waals surface area contributed by atoms with E-state index in [2.05, 4.69) is 30.5 Å². The molecule has 1 aliphatic carbocycles. The summed E-state index contributed by atoms with van der Waals surface area (Å²) >= 11 is 0. The number of rotatable bonds is 3. The van der Waals surface area contributed by atoms with Crippen molar-refractivity contribution < 1.29 is 4.79 Å². The summed E-state index contributed by atoms with van der Waals surface area (Å²) in [5.41, 5.74) is 1.35. The number of aromatic nitrogens is 7. The van der Waals surface area contributed by atoms with Crippen LogP contribution in [0.15, 0.2) is 18.6 Å². The van der Waals surface area contributed by atoms with Gasteiger partial charge in [-0.2, -0.15) is 10.1 Å². The van der Waals surface area contributed by atoms with Gasteiger partial charge in [0.1, 0.15) is 11.5 Å². The van der Waals surface area contributed by atoms with Gasteiger partial charge in [0.2, 0.25) is 0 Å². The SMILES string of the molecule is CNC(=O)c1cnn(-c2ncc3c(n2)N(C2CCCC2)Cc2nnc(C)n2-3)c1. The van der Waals surface area contributed by atoms with E-state index in [9.17, 15) is 4.79 Å². The second-order valence-electron chi connectivity index (χ2n) is 7.20. The summed E-state index contributed by atoms with van der Waals surface area (Å²) in [6.07, 6.45) is 9.70. The highest BCUT2D eigenvalue weighted by Crippen LogP contribution is 2.36. The fourth-order valence-electron chi connectivity index (χ4n) is 4.10. The van der Waals surface area contributed by atoms with Crippen molar-refractivity contribution in [3.63, 3.8) is 0 Å². The minimum atomic E-state index is -0.193. The third-order valence-electron chi connectivity index (χ3n) is 5.50. The Bertz CT molecular complexity index is 1050. The lowest BCUT2D eigenvalue weighted by atomic mass is 10.1. The van der Waals surface area contributed by atoms with Crippen molar-refractivity contribution in [3.8, 4) is 11.6 Å². The highest BCUT2D eigenvalue weighted by Gasteiger charge is 2.33. The summed E-state index contributed by atoms with van der Waals surface area (Å²) < 4.78 is 3.55. The van der Waals surface area contributed by atoms with E-state index in [1.807, 2.05) is 11.5 Å². The van der Waals surface area contributed by atoms with Crippen LogP contribution in [0.2, 0.25) is 0 Å². The van der Waals surface area contributed by atoms with Gasteiger partial charge in [-0.05, 0) is 19.8 Å². The first kappa shape index (κ1) is 16.8. The summed E-state index contributed by atoms with van der Waals surface area (Å²) in [4.78, 5) is 23.5. The Kier molecular flexibility index (Phi) is 3.85. The van der Waals surface area contributed by atoms with Crippen molar-refractivity contribution in [2.75, 3.05) is 11.9 Å². The highest BCUT2D eigenvalue weighted by molar-refractivity contribution is 5.93. The number of carbonyl (C=O) groups excluding carboxylic acids is 1. The Morgan fingerprint density at radius 1 is 1.21 bits per heavy atom. The van der Waals surface area contributed by atoms with Gasteiger partial charge in [0.25, 0.3) is 11.9 Å². The van der Waals surface area contributed by atoms with Crippen molar-refractivity contribution in [2.24, 2.45) is 0 Å². The Morgan fingerprint density at radius 2 is 2.04 bits per heavy atom. The number of nitrogens with one attached hydrogen (secondary N) is 1. The molecular formula is C18H21N9O. The zero-order valence-electron chi connectivity index (χ0n) is 15.8. The fraction of sp³-hybridized carbons (Fsp3) is 0.444. The fourth-order valence-corrected chi connectivity index (χ4v) is 4.10. The lowest BCUT2D eigenvalue weighted by Gasteiger charge is -2.34. The average molecular weight is 379 g/mol. The van der Waals surface area contributed by atoms with E-state index in [1.165, 1.54) is 23.7 Å². The molecule has 0 atom stereocenters. The van der Waals surface area contributed by atoms with Crippen LogP contribution in [-0.4, -0.2) is 53.5 Å². The zero-order valence-corrected chi connectivity index (χ0v) is 15.8. The van der Waals surface area contributed by atoms with Crippen LogP contribution in [0.3, 0.4) is 0 Å². The Hall–Kier alpha value is -3.30. The van der Waals surface area contributed by atoms with Gasteiger partial charge in [-0.15, -0.1) is 10.2 Å². The van der Waals surface area contributed by atoms with Gasteiger partial charge in [0.05, 0.1) is 24.5 Å². The minimum absolute atomic E-state index is 0.193. The Balaban J connectivity index is 1.60. The van der Waals surface area contributed by atoms with Crippen molar-refractivity contribution in [3.05, 3.63) is 35.8 Å². The molecule has 2 aliphatic rings. The van der Waals surface area contributed by atoms with Crippen LogP contribution in [0.1, 0.15) is 47.7 Å². The molecule has 0 aromatic carbocycles. The van der Waals surface area contributed by atoms with Crippen LogP contribution in [0.25, 0.3) is 11.6 Å². The molecule has 144 valence electrons. The molecule has 28 heavy (non-hydrogen) atoms. The van der Waals surface area contributed by atoms with E-state index in [-0.39, 0.29) is 5.91 Å². The van der Waals surface area contributed by atoms with E-state index in [0.717, 1.165) is 36.0 Å². The van der Waals surface area contributed by atoms with E-state index in [4.69, 9.17) is 4.98 Å². The van der Waals surface area contributed by atoms with Crippen LogP contribution in [-0.2, 0) is 6.54 Å². The van der Waals surface area contributed by atoms with Gasteiger partial charge in [0, 0.05) is 19.3 Å². The molecule has 10 nitrogen and oxygen atoms in total. The molecule has 0 unspecified atom stereocenters. The second-order valence-corrected chi connectivity index (χ2v) is 7.20. The maximum Gasteiger partial charge on any atom is 0.254 e. The van der Waals surface area contributed by atoms with Gasteiger partial charge in [-0.1, -0.05) is 12.8 Å². The summed E-state index contributed by atoms with van der Waals surface area (Å²) in [6, 6.07) is 0.436. The molecule has 5 rings (SSSR count). The quantitative estimate of drug-likeness (QED) is 0.728. The zero-order chi connectivity index (χ0) is 19.3. The van der Waals surface area contributed by atoms with Gasteiger partial charge in [-0.3, -0.25) is 9.36 Å².